The van der Waals surface area contributed by atoms with Gasteiger partial charge in [-0.3, -0.25) is 4.79 Å². The van der Waals surface area contributed by atoms with Crippen LogP contribution >= 0.6 is 0 Å². The van der Waals surface area contributed by atoms with Crippen LogP contribution < -0.4 is 9.64 Å². The second kappa shape index (κ2) is 8.18. The van der Waals surface area contributed by atoms with E-state index in [1.807, 2.05) is 18.2 Å². The van der Waals surface area contributed by atoms with Crippen molar-refractivity contribution in [1.29, 1.82) is 0 Å². The molecular weight excluding hydrogens is 286 g/mol. The molecule has 23 heavy (non-hydrogen) atoms. The van der Waals surface area contributed by atoms with Crippen LogP contribution in [0.25, 0.3) is 6.08 Å². The van der Waals surface area contributed by atoms with E-state index in [-0.39, 0.29) is 5.78 Å². The molecule has 0 amide bonds. The molecule has 2 rings (SSSR count). The largest absolute Gasteiger partial charge is 0.497 e. The number of anilines is 1. The van der Waals surface area contributed by atoms with E-state index in [4.69, 9.17) is 4.74 Å². The zero-order valence-electron chi connectivity index (χ0n) is 14.0. The van der Waals surface area contributed by atoms with Gasteiger partial charge in [0.2, 0.25) is 0 Å². The van der Waals surface area contributed by atoms with E-state index in [0.717, 1.165) is 24.4 Å². The SMILES string of the molecule is CCN(CC)c1ccc(/C=C/C(=O)c2ccc(OC)cc2)cc1. The molecule has 0 aliphatic carbocycles. The summed E-state index contributed by atoms with van der Waals surface area (Å²) in [5.41, 5.74) is 2.87. The van der Waals surface area contributed by atoms with Crippen LogP contribution in [0.2, 0.25) is 0 Å². The summed E-state index contributed by atoms with van der Waals surface area (Å²) in [6.07, 6.45) is 3.45. The van der Waals surface area contributed by atoms with E-state index < -0.39 is 0 Å². The van der Waals surface area contributed by atoms with Crippen LogP contribution in [0.3, 0.4) is 0 Å². The van der Waals surface area contributed by atoms with E-state index in [9.17, 15) is 4.79 Å². The molecule has 120 valence electrons. The van der Waals surface area contributed by atoms with E-state index in [1.165, 1.54) is 5.69 Å². The lowest BCUT2D eigenvalue weighted by Gasteiger charge is -2.20. The Balaban J connectivity index is 2.05. The van der Waals surface area contributed by atoms with Crippen molar-refractivity contribution in [2.45, 2.75) is 13.8 Å². The zero-order valence-corrected chi connectivity index (χ0v) is 14.0. The number of methoxy groups -OCH3 is 1. The standard InChI is InChI=1S/C20H23NO2/c1-4-21(5-2)18-11-6-16(7-12-18)8-15-20(22)17-9-13-19(23-3)14-10-17/h6-15H,4-5H2,1-3H3/b15-8+. The first kappa shape index (κ1) is 16.8. The zero-order chi connectivity index (χ0) is 16.7. The third-order valence-corrected chi connectivity index (χ3v) is 3.82. The highest BCUT2D eigenvalue weighted by Crippen LogP contribution is 2.16. The first-order valence-corrected chi connectivity index (χ1v) is 7.89. The molecule has 0 N–H and O–H groups in total. The molecule has 0 saturated heterocycles. The van der Waals surface area contributed by atoms with E-state index >= 15 is 0 Å². The minimum Gasteiger partial charge on any atom is -0.497 e. The number of benzene rings is 2. The highest BCUT2D eigenvalue weighted by atomic mass is 16.5. The lowest BCUT2D eigenvalue weighted by Crippen LogP contribution is -2.21. The first-order chi connectivity index (χ1) is 11.2. The molecule has 0 aliphatic rings. The molecule has 0 saturated carbocycles. The first-order valence-electron chi connectivity index (χ1n) is 7.89. The highest BCUT2D eigenvalue weighted by molar-refractivity contribution is 6.06. The van der Waals surface area contributed by atoms with Gasteiger partial charge in [0.1, 0.15) is 5.75 Å². The van der Waals surface area contributed by atoms with Gasteiger partial charge in [-0.2, -0.15) is 0 Å². The predicted molar refractivity (Wildman–Crippen MR) is 96.4 cm³/mol. The van der Waals surface area contributed by atoms with Crippen molar-refractivity contribution in [3.8, 4) is 5.75 Å². The molecule has 3 nitrogen and oxygen atoms in total. The van der Waals surface area contributed by atoms with E-state index in [1.54, 1.807) is 37.5 Å². The van der Waals surface area contributed by atoms with Crippen LogP contribution in [0.4, 0.5) is 5.69 Å². The van der Waals surface area contributed by atoms with Gasteiger partial charge in [0, 0.05) is 24.3 Å². The van der Waals surface area contributed by atoms with Crippen molar-refractivity contribution in [2.24, 2.45) is 0 Å². The van der Waals surface area contributed by atoms with Gasteiger partial charge in [0.25, 0.3) is 0 Å². The maximum atomic E-state index is 12.1. The maximum Gasteiger partial charge on any atom is 0.185 e. The van der Waals surface area contributed by atoms with Crippen molar-refractivity contribution in [3.63, 3.8) is 0 Å². The summed E-state index contributed by atoms with van der Waals surface area (Å²) in [6, 6.07) is 15.4. The number of carbonyl (C=O) groups excluding carboxylic acids is 1. The summed E-state index contributed by atoms with van der Waals surface area (Å²) in [4.78, 5) is 14.4. The second-order valence-corrected chi connectivity index (χ2v) is 5.19. The van der Waals surface area contributed by atoms with Crippen molar-refractivity contribution in [2.75, 3.05) is 25.1 Å². The fraction of sp³-hybridized carbons (Fsp3) is 0.250. The van der Waals surface area contributed by atoms with E-state index in [0.29, 0.717) is 5.56 Å². The second-order valence-electron chi connectivity index (χ2n) is 5.19. The minimum atomic E-state index is -0.0135. The predicted octanol–water partition coefficient (Wildman–Crippen LogP) is 4.44. The summed E-state index contributed by atoms with van der Waals surface area (Å²) < 4.78 is 5.09. The quantitative estimate of drug-likeness (QED) is 0.559. The molecule has 0 fully saturated rings. The van der Waals surface area contributed by atoms with Crippen LogP contribution in [0.5, 0.6) is 5.75 Å². The lowest BCUT2D eigenvalue weighted by atomic mass is 10.1. The van der Waals surface area contributed by atoms with Crippen molar-refractivity contribution in [3.05, 3.63) is 65.7 Å². The molecule has 0 heterocycles. The van der Waals surface area contributed by atoms with Crippen LogP contribution in [0.15, 0.2) is 54.6 Å². The van der Waals surface area contributed by atoms with Gasteiger partial charge in [-0.15, -0.1) is 0 Å². The Morgan fingerprint density at radius 3 is 2.13 bits per heavy atom. The van der Waals surface area contributed by atoms with Crippen molar-refractivity contribution < 1.29 is 9.53 Å². The van der Waals surface area contributed by atoms with Gasteiger partial charge in [0.05, 0.1) is 7.11 Å². The fourth-order valence-electron chi connectivity index (χ4n) is 2.41. The summed E-state index contributed by atoms with van der Waals surface area (Å²) in [6.45, 7) is 6.26. The molecule has 0 aromatic heterocycles. The Morgan fingerprint density at radius 1 is 1.00 bits per heavy atom. The van der Waals surface area contributed by atoms with Crippen molar-refractivity contribution in [1.82, 2.24) is 0 Å². The number of carbonyl (C=O) groups is 1. The monoisotopic (exact) mass is 309 g/mol. The van der Waals surface area contributed by atoms with Gasteiger partial charge in [-0.05, 0) is 61.9 Å². The third kappa shape index (κ3) is 4.46. The number of hydrogen-bond acceptors (Lipinski definition) is 3. The van der Waals surface area contributed by atoms with Gasteiger partial charge in [-0.25, -0.2) is 0 Å². The molecule has 0 radical (unpaired) electrons. The molecule has 2 aromatic rings. The maximum absolute atomic E-state index is 12.1. The summed E-state index contributed by atoms with van der Waals surface area (Å²) in [7, 11) is 1.61. The summed E-state index contributed by atoms with van der Waals surface area (Å²) >= 11 is 0. The average molecular weight is 309 g/mol. The van der Waals surface area contributed by atoms with Gasteiger partial charge in [0.15, 0.2) is 5.78 Å². The Kier molecular flexibility index (Phi) is 5.98. The Hall–Kier alpha value is -2.55. The van der Waals surface area contributed by atoms with Gasteiger partial charge >= 0.3 is 0 Å². The lowest BCUT2D eigenvalue weighted by molar-refractivity contribution is 0.104. The van der Waals surface area contributed by atoms with Crippen LogP contribution in [0, 0.1) is 0 Å². The van der Waals surface area contributed by atoms with E-state index in [2.05, 4.69) is 30.9 Å². The van der Waals surface area contributed by atoms with Crippen LogP contribution in [0.1, 0.15) is 29.8 Å². The molecule has 0 unspecified atom stereocenters. The molecule has 0 atom stereocenters. The third-order valence-electron chi connectivity index (χ3n) is 3.82. The molecule has 0 aliphatic heterocycles. The number of nitrogens with zero attached hydrogens (tertiary/aromatic N) is 1. The number of ether oxygens (including phenoxy) is 1. The molecule has 2 aromatic carbocycles. The van der Waals surface area contributed by atoms with Crippen molar-refractivity contribution >= 4 is 17.5 Å². The number of rotatable bonds is 7. The Morgan fingerprint density at radius 2 is 1.61 bits per heavy atom. The molecular formula is C20H23NO2. The van der Waals surface area contributed by atoms with Crippen LogP contribution in [-0.4, -0.2) is 26.0 Å². The number of allylic oxidation sites excluding steroid dienone is 1. The summed E-state index contributed by atoms with van der Waals surface area (Å²) in [5.74, 6) is 0.734. The fourth-order valence-corrected chi connectivity index (χ4v) is 2.41. The topological polar surface area (TPSA) is 29.5 Å². The smallest absolute Gasteiger partial charge is 0.185 e. The van der Waals surface area contributed by atoms with Gasteiger partial charge in [-0.1, -0.05) is 18.2 Å². The average Bonchev–Trinajstić information content (AvgIpc) is 2.62. The molecule has 0 spiro atoms. The summed E-state index contributed by atoms with van der Waals surface area (Å²) in [5, 5.41) is 0. The Bertz CT molecular complexity index is 653. The van der Waals surface area contributed by atoms with Gasteiger partial charge < -0.3 is 9.64 Å². The van der Waals surface area contributed by atoms with Crippen LogP contribution in [-0.2, 0) is 0 Å². The minimum absolute atomic E-state index is 0.0135. The Labute approximate surface area is 138 Å². The number of hydrogen-bond donors (Lipinski definition) is 0. The highest BCUT2D eigenvalue weighted by Gasteiger charge is 2.03. The number of ketones is 1. The molecule has 3 heteroatoms. The molecule has 0 bridgehead atoms. The normalized spacial score (nSPS) is 10.7.